The molecule has 3 aromatic heterocycles. The van der Waals surface area contributed by atoms with Gasteiger partial charge < -0.3 is 10.6 Å². The molecule has 3 heterocycles. The Balaban J connectivity index is 1.50. The Hall–Kier alpha value is -3.81. The molecule has 0 bridgehead atoms. The fraction of sp³-hybridized carbons (Fsp3) is 0.0556. The highest BCUT2D eigenvalue weighted by atomic mass is 16.1. The van der Waals surface area contributed by atoms with Gasteiger partial charge in [-0.3, -0.25) is 4.79 Å². The van der Waals surface area contributed by atoms with E-state index in [0.717, 1.165) is 11.4 Å². The van der Waals surface area contributed by atoms with Gasteiger partial charge in [0.05, 0.1) is 6.20 Å². The molecule has 1 amide bonds. The minimum atomic E-state index is -0.259. The fourth-order valence-corrected chi connectivity index (χ4v) is 2.45. The Bertz CT molecular complexity index is 1060. The molecule has 2 N–H and O–H groups in total. The van der Waals surface area contributed by atoms with E-state index in [1.807, 2.05) is 25.1 Å². The Morgan fingerprint density at radius 2 is 1.77 bits per heavy atom. The zero-order chi connectivity index (χ0) is 17.9. The van der Waals surface area contributed by atoms with E-state index in [1.165, 1.54) is 6.20 Å². The molecule has 0 aliphatic rings. The Morgan fingerprint density at radius 1 is 1.04 bits per heavy atom. The molecule has 4 rings (SSSR count). The number of rotatable bonds is 4. The monoisotopic (exact) mass is 345 g/mol. The van der Waals surface area contributed by atoms with Crippen molar-refractivity contribution < 1.29 is 4.79 Å². The average Bonchev–Trinajstić information content (AvgIpc) is 3.07. The van der Waals surface area contributed by atoms with Crippen LogP contribution in [-0.4, -0.2) is 30.5 Å². The maximum absolute atomic E-state index is 12.5. The first-order chi connectivity index (χ1) is 12.7. The van der Waals surface area contributed by atoms with Crippen LogP contribution in [0.1, 0.15) is 16.1 Å². The second-order valence-electron chi connectivity index (χ2n) is 5.62. The average molecular weight is 345 g/mol. The maximum atomic E-state index is 12.5. The summed E-state index contributed by atoms with van der Waals surface area (Å²) in [5.74, 6) is 0.252. The van der Waals surface area contributed by atoms with Crippen molar-refractivity contribution in [1.29, 1.82) is 0 Å². The topological polar surface area (TPSA) is 97.1 Å². The molecular weight excluding hydrogens is 330 g/mol. The third-order valence-electron chi connectivity index (χ3n) is 3.72. The zero-order valence-corrected chi connectivity index (χ0v) is 13.9. The number of amides is 1. The minimum Gasteiger partial charge on any atom is -0.324 e. The van der Waals surface area contributed by atoms with Crippen LogP contribution in [0.3, 0.4) is 0 Å². The first kappa shape index (κ1) is 15.7. The number of carbonyl (C=O) groups excluding carboxylic acids is 1. The van der Waals surface area contributed by atoms with Crippen molar-refractivity contribution in [2.24, 2.45) is 0 Å². The number of benzene rings is 1. The number of aryl methyl sites for hydroxylation is 1. The molecule has 0 unspecified atom stereocenters. The summed E-state index contributed by atoms with van der Waals surface area (Å²) in [6.45, 7) is 1.87. The Morgan fingerprint density at radius 3 is 2.54 bits per heavy atom. The predicted molar refractivity (Wildman–Crippen MR) is 97.4 cm³/mol. The summed E-state index contributed by atoms with van der Waals surface area (Å²) in [7, 11) is 0. The van der Waals surface area contributed by atoms with Crippen LogP contribution in [0.2, 0.25) is 0 Å². The van der Waals surface area contributed by atoms with Gasteiger partial charge in [0.25, 0.3) is 5.91 Å². The van der Waals surface area contributed by atoms with E-state index in [4.69, 9.17) is 0 Å². The van der Waals surface area contributed by atoms with Gasteiger partial charge in [-0.05, 0) is 43.3 Å². The highest BCUT2D eigenvalue weighted by molar-refractivity contribution is 6.08. The highest BCUT2D eigenvalue weighted by Crippen LogP contribution is 2.18. The van der Waals surface area contributed by atoms with E-state index in [1.54, 1.807) is 41.3 Å². The molecule has 0 saturated heterocycles. The van der Waals surface area contributed by atoms with Gasteiger partial charge in [0.1, 0.15) is 5.56 Å². The Kier molecular flexibility index (Phi) is 3.98. The fourth-order valence-electron chi connectivity index (χ4n) is 2.45. The summed E-state index contributed by atoms with van der Waals surface area (Å²) >= 11 is 0. The number of hydrogen-bond acceptors (Lipinski definition) is 6. The number of nitrogens with zero attached hydrogens (tertiary/aromatic N) is 5. The molecule has 8 nitrogen and oxygen atoms in total. The van der Waals surface area contributed by atoms with Crippen molar-refractivity contribution in [3.63, 3.8) is 0 Å². The molecule has 0 spiro atoms. The molecule has 0 aliphatic carbocycles. The minimum absolute atomic E-state index is 0.259. The van der Waals surface area contributed by atoms with Gasteiger partial charge in [0, 0.05) is 35.7 Å². The lowest BCUT2D eigenvalue weighted by Crippen LogP contribution is -2.12. The normalized spacial score (nSPS) is 10.7. The molecule has 0 radical (unpaired) electrons. The van der Waals surface area contributed by atoms with Crippen LogP contribution in [0.25, 0.3) is 5.65 Å². The van der Waals surface area contributed by atoms with Crippen LogP contribution < -0.4 is 10.6 Å². The highest BCUT2D eigenvalue weighted by Gasteiger charge is 2.14. The summed E-state index contributed by atoms with van der Waals surface area (Å²) in [6.07, 6.45) is 6.62. The standard InChI is InChI=1S/C18H15N7O/c1-12-7-10-25-16(22-12)15(11-21-25)17(26)23-13-3-5-14(6-4-13)24-18-19-8-2-9-20-18/h2-11H,1H3,(H,23,26)(H,19,20,24). The van der Waals surface area contributed by atoms with Gasteiger partial charge in [-0.25, -0.2) is 19.5 Å². The molecule has 8 heteroatoms. The molecule has 128 valence electrons. The second kappa shape index (κ2) is 6.60. The summed E-state index contributed by atoms with van der Waals surface area (Å²) in [6, 6.07) is 10.9. The third kappa shape index (κ3) is 3.20. The summed E-state index contributed by atoms with van der Waals surface area (Å²) in [4.78, 5) is 25.1. The van der Waals surface area contributed by atoms with Crippen molar-refractivity contribution >= 4 is 28.9 Å². The van der Waals surface area contributed by atoms with E-state index < -0.39 is 0 Å². The van der Waals surface area contributed by atoms with Gasteiger partial charge in [0.15, 0.2) is 5.65 Å². The lowest BCUT2D eigenvalue weighted by atomic mass is 10.2. The zero-order valence-electron chi connectivity index (χ0n) is 13.9. The van der Waals surface area contributed by atoms with Crippen LogP contribution in [0.4, 0.5) is 17.3 Å². The van der Waals surface area contributed by atoms with E-state index >= 15 is 0 Å². The van der Waals surface area contributed by atoms with Gasteiger partial charge in [-0.2, -0.15) is 5.10 Å². The van der Waals surface area contributed by atoms with Crippen molar-refractivity contribution in [3.05, 3.63) is 72.4 Å². The van der Waals surface area contributed by atoms with Crippen LogP contribution >= 0.6 is 0 Å². The van der Waals surface area contributed by atoms with E-state index in [0.29, 0.717) is 22.8 Å². The molecule has 0 atom stereocenters. The quantitative estimate of drug-likeness (QED) is 0.590. The molecule has 0 saturated carbocycles. The lowest BCUT2D eigenvalue weighted by molar-refractivity contribution is 0.102. The van der Waals surface area contributed by atoms with Gasteiger partial charge >= 0.3 is 0 Å². The van der Waals surface area contributed by atoms with E-state index in [-0.39, 0.29) is 5.91 Å². The van der Waals surface area contributed by atoms with Crippen molar-refractivity contribution in [1.82, 2.24) is 24.6 Å². The molecule has 4 aromatic rings. The number of hydrogen-bond donors (Lipinski definition) is 2. The van der Waals surface area contributed by atoms with Crippen LogP contribution in [0, 0.1) is 6.92 Å². The molecule has 0 aliphatic heterocycles. The first-order valence-corrected chi connectivity index (χ1v) is 7.95. The number of carbonyl (C=O) groups is 1. The molecule has 0 fully saturated rings. The van der Waals surface area contributed by atoms with Crippen molar-refractivity contribution in [2.75, 3.05) is 10.6 Å². The lowest BCUT2D eigenvalue weighted by Gasteiger charge is -2.07. The SMILES string of the molecule is Cc1ccn2ncc(C(=O)Nc3ccc(Nc4ncccn4)cc3)c2n1. The van der Waals surface area contributed by atoms with Crippen LogP contribution in [-0.2, 0) is 0 Å². The summed E-state index contributed by atoms with van der Waals surface area (Å²) in [5.41, 5.74) is 3.27. The smallest absolute Gasteiger partial charge is 0.261 e. The first-order valence-electron chi connectivity index (χ1n) is 7.95. The molecular formula is C18H15N7O. The van der Waals surface area contributed by atoms with Crippen molar-refractivity contribution in [3.8, 4) is 0 Å². The van der Waals surface area contributed by atoms with Crippen molar-refractivity contribution in [2.45, 2.75) is 6.92 Å². The van der Waals surface area contributed by atoms with Gasteiger partial charge in [0.2, 0.25) is 5.95 Å². The third-order valence-corrected chi connectivity index (χ3v) is 3.72. The van der Waals surface area contributed by atoms with E-state index in [2.05, 4.69) is 30.7 Å². The van der Waals surface area contributed by atoms with Crippen LogP contribution in [0.15, 0.2) is 61.2 Å². The second-order valence-corrected chi connectivity index (χ2v) is 5.62. The number of aromatic nitrogens is 5. The maximum Gasteiger partial charge on any atom is 0.261 e. The van der Waals surface area contributed by atoms with E-state index in [9.17, 15) is 4.79 Å². The summed E-state index contributed by atoms with van der Waals surface area (Å²) in [5, 5.41) is 10.1. The summed E-state index contributed by atoms with van der Waals surface area (Å²) < 4.78 is 1.58. The number of fused-ring (bicyclic) bond motifs is 1. The molecule has 26 heavy (non-hydrogen) atoms. The van der Waals surface area contributed by atoms with Crippen LogP contribution in [0.5, 0.6) is 0 Å². The largest absolute Gasteiger partial charge is 0.324 e. The Labute approximate surface area is 149 Å². The number of nitrogens with one attached hydrogen (secondary N) is 2. The van der Waals surface area contributed by atoms with Gasteiger partial charge in [-0.15, -0.1) is 0 Å². The number of anilines is 3. The van der Waals surface area contributed by atoms with Gasteiger partial charge in [-0.1, -0.05) is 0 Å². The predicted octanol–water partition coefficient (Wildman–Crippen LogP) is 2.82. The molecule has 1 aromatic carbocycles.